The summed E-state index contributed by atoms with van der Waals surface area (Å²) in [7, 11) is 1.28. The van der Waals surface area contributed by atoms with E-state index in [1.54, 1.807) is 18.4 Å². The fourth-order valence-electron chi connectivity index (χ4n) is 3.60. The number of amides is 1. The van der Waals surface area contributed by atoms with Crippen molar-refractivity contribution >= 4 is 23.0 Å². The third-order valence-electron chi connectivity index (χ3n) is 5.58. The molecule has 0 bridgehead atoms. The molecule has 0 aliphatic heterocycles. The average Bonchev–Trinajstić information content (AvgIpc) is 3.09. The lowest BCUT2D eigenvalue weighted by Gasteiger charge is -2.26. The predicted octanol–water partition coefficient (Wildman–Crippen LogP) is 1.73. The minimum absolute atomic E-state index is 0.0745. The Hall–Kier alpha value is -2.91. The zero-order valence-corrected chi connectivity index (χ0v) is 19.9. The molecular formula is C22H35N5O5. The van der Waals surface area contributed by atoms with E-state index >= 15 is 0 Å². The molecule has 2 aromatic rings. The first-order valence-corrected chi connectivity index (χ1v) is 11.2. The van der Waals surface area contributed by atoms with Gasteiger partial charge in [0, 0.05) is 25.9 Å². The summed E-state index contributed by atoms with van der Waals surface area (Å²) in [5.41, 5.74) is -1.38. The molecule has 10 nitrogen and oxygen atoms in total. The second-order valence-corrected chi connectivity index (χ2v) is 8.69. The quantitative estimate of drug-likeness (QED) is 0.503. The highest BCUT2D eigenvalue weighted by atomic mass is 16.5. The number of fused-ring (bicyclic) bond motifs is 1. The molecule has 1 unspecified atom stereocenters. The number of aromatic amines is 1. The van der Waals surface area contributed by atoms with Crippen LogP contribution < -0.4 is 16.6 Å². The number of rotatable bonds is 11. The van der Waals surface area contributed by atoms with Crippen LogP contribution in [0, 0.1) is 5.92 Å². The van der Waals surface area contributed by atoms with Crippen molar-refractivity contribution in [3.63, 3.8) is 0 Å². The molecule has 2 rings (SSSR count). The monoisotopic (exact) mass is 449 g/mol. The molecule has 0 aliphatic carbocycles. The van der Waals surface area contributed by atoms with Gasteiger partial charge in [-0.3, -0.25) is 19.1 Å². The topological polar surface area (TPSA) is 128 Å². The van der Waals surface area contributed by atoms with Crippen molar-refractivity contribution < 1.29 is 14.3 Å². The van der Waals surface area contributed by atoms with Crippen molar-refractivity contribution in [2.45, 2.75) is 85.4 Å². The van der Waals surface area contributed by atoms with Crippen LogP contribution in [0.25, 0.3) is 11.2 Å². The van der Waals surface area contributed by atoms with Gasteiger partial charge in [0.25, 0.3) is 5.56 Å². The van der Waals surface area contributed by atoms with E-state index in [2.05, 4.69) is 15.3 Å². The van der Waals surface area contributed by atoms with Gasteiger partial charge in [0.2, 0.25) is 5.91 Å². The number of ether oxygens (including phenoxy) is 1. The Morgan fingerprint density at radius 3 is 2.47 bits per heavy atom. The van der Waals surface area contributed by atoms with Crippen LogP contribution in [0.4, 0.5) is 0 Å². The third kappa shape index (κ3) is 5.46. The maximum atomic E-state index is 12.7. The minimum atomic E-state index is -1.11. The van der Waals surface area contributed by atoms with Gasteiger partial charge in [-0.05, 0) is 25.7 Å². The average molecular weight is 450 g/mol. The first kappa shape index (κ1) is 25.4. The summed E-state index contributed by atoms with van der Waals surface area (Å²) in [5.74, 6) is -0.0494. The van der Waals surface area contributed by atoms with Crippen molar-refractivity contribution in [2.24, 2.45) is 5.92 Å². The molecule has 0 saturated heterocycles. The van der Waals surface area contributed by atoms with Gasteiger partial charge in [0.1, 0.15) is 11.4 Å². The number of methoxy groups -OCH3 is 1. The van der Waals surface area contributed by atoms with Crippen LogP contribution in [-0.2, 0) is 33.8 Å². The lowest BCUT2D eigenvalue weighted by atomic mass is 9.99. The maximum Gasteiger partial charge on any atom is 0.331 e. The maximum absolute atomic E-state index is 12.7. The smallest absolute Gasteiger partial charge is 0.331 e. The number of esters is 1. The second kappa shape index (κ2) is 10.6. The zero-order valence-electron chi connectivity index (χ0n) is 19.9. The Labute approximate surface area is 187 Å². The Morgan fingerprint density at radius 1 is 1.22 bits per heavy atom. The first-order chi connectivity index (χ1) is 15.1. The largest absolute Gasteiger partial charge is 0.467 e. The number of hydrogen-bond donors (Lipinski definition) is 2. The lowest BCUT2D eigenvalue weighted by molar-refractivity contribution is -0.150. The molecule has 0 fully saturated rings. The van der Waals surface area contributed by atoms with Crippen molar-refractivity contribution in [1.29, 1.82) is 0 Å². The van der Waals surface area contributed by atoms with Crippen LogP contribution in [0.5, 0.6) is 0 Å². The number of aryl methyl sites for hydroxylation is 2. The number of H-pyrrole nitrogens is 1. The SMILES string of the molecule is CCCCn1c(=O)[nH]c(=O)c2c1nc(CCC(=O)NC(C)(CC)C(=O)OC)n2CC(C)C. The van der Waals surface area contributed by atoms with Crippen LogP contribution in [0.3, 0.4) is 0 Å². The van der Waals surface area contributed by atoms with E-state index in [-0.39, 0.29) is 24.7 Å². The molecule has 1 amide bonds. The van der Waals surface area contributed by atoms with Crippen LogP contribution in [0.15, 0.2) is 9.59 Å². The molecule has 0 radical (unpaired) electrons. The number of nitrogens with one attached hydrogen (secondary N) is 2. The van der Waals surface area contributed by atoms with Crippen molar-refractivity contribution in [2.75, 3.05) is 7.11 Å². The summed E-state index contributed by atoms with van der Waals surface area (Å²) in [6.45, 7) is 10.5. The summed E-state index contributed by atoms with van der Waals surface area (Å²) in [6, 6.07) is 0. The number of hydrogen-bond acceptors (Lipinski definition) is 6. The summed E-state index contributed by atoms with van der Waals surface area (Å²) < 4.78 is 8.09. The van der Waals surface area contributed by atoms with Crippen molar-refractivity contribution in [3.05, 3.63) is 26.7 Å². The Balaban J connectivity index is 2.41. The minimum Gasteiger partial charge on any atom is -0.467 e. The summed E-state index contributed by atoms with van der Waals surface area (Å²) in [4.78, 5) is 56.7. The van der Waals surface area contributed by atoms with E-state index < -0.39 is 22.8 Å². The highest BCUT2D eigenvalue weighted by molar-refractivity contribution is 5.87. The van der Waals surface area contributed by atoms with Crippen LogP contribution in [0.2, 0.25) is 0 Å². The molecule has 0 aliphatic rings. The van der Waals surface area contributed by atoms with E-state index in [1.807, 2.05) is 20.8 Å². The molecule has 2 heterocycles. The molecule has 0 spiro atoms. The van der Waals surface area contributed by atoms with Gasteiger partial charge in [-0.15, -0.1) is 0 Å². The van der Waals surface area contributed by atoms with E-state index in [9.17, 15) is 19.2 Å². The van der Waals surface area contributed by atoms with Crippen LogP contribution in [-0.4, -0.2) is 43.6 Å². The number of nitrogens with zero attached hydrogens (tertiary/aromatic N) is 3. The molecule has 0 saturated carbocycles. The summed E-state index contributed by atoms with van der Waals surface area (Å²) in [5, 5.41) is 2.74. The first-order valence-electron chi connectivity index (χ1n) is 11.2. The summed E-state index contributed by atoms with van der Waals surface area (Å²) >= 11 is 0. The van der Waals surface area contributed by atoms with Gasteiger partial charge in [-0.1, -0.05) is 34.1 Å². The van der Waals surface area contributed by atoms with Crippen molar-refractivity contribution in [1.82, 2.24) is 24.4 Å². The Morgan fingerprint density at radius 2 is 1.91 bits per heavy atom. The standard InChI is InChI=1S/C22H35N5O5/c1-7-9-12-26-18-17(19(29)24-21(26)31)27(13-14(3)4)15(23-18)10-11-16(28)25-22(5,8-2)20(30)32-6/h14H,7-13H2,1-6H3,(H,25,28)(H,24,29,31). The normalized spacial score (nSPS) is 13.3. The van der Waals surface area contributed by atoms with E-state index in [4.69, 9.17) is 4.74 Å². The van der Waals surface area contributed by atoms with Crippen LogP contribution in [0.1, 0.15) is 66.1 Å². The molecule has 10 heteroatoms. The number of carbonyl (C=O) groups excluding carboxylic acids is 2. The Kier molecular flexibility index (Phi) is 8.40. The number of carbonyl (C=O) groups is 2. The highest BCUT2D eigenvalue weighted by Crippen LogP contribution is 2.17. The molecule has 1 atom stereocenters. The highest BCUT2D eigenvalue weighted by Gasteiger charge is 2.34. The van der Waals surface area contributed by atoms with Crippen molar-refractivity contribution in [3.8, 4) is 0 Å². The van der Waals surface area contributed by atoms with Gasteiger partial charge in [0.05, 0.1) is 7.11 Å². The Bertz CT molecular complexity index is 1080. The summed E-state index contributed by atoms with van der Waals surface area (Å²) in [6.07, 6.45) is 2.39. The fourth-order valence-corrected chi connectivity index (χ4v) is 3.60. The van der Waals surface area contributed by atoms with Gasteiger partial charge in [-0.2, -0.15) is 0 Å². The fraction of sp³-hybridized carbons (Fsp3) is 0.682. The molecule has 178 valence electrons. The molecule has 2 aromatic heterocycles. The second-order valence-electron chi connectivity index (χ2n) is 8.69. The van der Waals surface area contributed by atoms with Gasteiger partial charge in [0.15, 0.2) is 11.2 Å². The van der Waals surface area contributed by atoms with Gasteiger partial charge >= 0.3 is 11.7 Å². The molecule has 0 aromatic carbocycles. The zero-order chi connectivity index (χ0) is 24.1. The predicted molar refractivity (Wildman–Crippen MR) is 122 cm³/mol. The number of aromatic nitrogens is 4. The molecule has 2 N–H and O–H groups in total. The number of unbranched alkanes of at least 4 members (excludes halogenated alkanes) is 1. The van der Waals surface area contributed by atoms with E-state index in [0.29, 0.717) is 36.5 Å². The van der Waals surface area contributed by atoms with E-state index in [1.165, 1.54) is 11.7 Å². The molecule has 32 heavy (non-hydrogen) atoms. The van der Waals surface area contributed by atoms with E-state index in [0.717, 1.165) is 12.8 Å². The van der Waals surface area contributed by atoms with Crippen LogP contribution >= 0.6 is 0 Å². The third-order valence-corrected chi connectivity index (χ3v) is 5.58. The van der Waals surface area contributed by atoms with Gasteiger partial charge < -0.3 is 14.6 Å². The van der Waals surface area contributed by atoms with Gasteiger partial charge in [-0.25, -0.2) is 14.6 Å². The number of imidazole rings is 1. The lowest BCUT2D eigenvalue weighted by Crippen LogP contribution is -2.52. The molecular weight excluding hydrogens is 414 g/mol.